The van der Waals surface area contributed by atoms with Crippen LogP contribution in [0.2, 0.25) is 0 Å². The Hall–Kier alpha value is -3.12. The highest BCUT2D eigenvalue weighted by Gasteiger charge is 2.19. The molecule has 3 aromatic rings. The number of benzene rings is 3. The van der Waals surface area contributed by atoms with Crippen molar-refractivity contribution in [1.29, 1.82) is 0 Å². The molecule has 0 fully saturated rings. The molecule has 6 heteroatoms. The van der Waals surface area contributed by atoms with Gasteiger partial charge < -0.3 is 9.47 Å². The van der Waals surface area contributed by atoms with Gasteiger partial charge in [-0.3, -0.25) is 5.43 Å². The fourth-order valence-electron chi connectivity index (χ4n) is 3.15. The molecule has 1 aliphatic rings. The number of ether oxygens (including phenoxy) is 2. The minimum Gasteiger partial charge on any atom is -0.493 e. The molecule has 0 saturated carbocycles. The minimum absolute atomic E-state index is 0.646. The number of rotatable bonds is 4. The third-order valence-corrected chi connectivity index (χ3v) is 5.19. The van der Waals surface area contributed by atoms with Gasteiger partial charge in [-0.25, -0.2) is 4.99 Å². The summed E-state index contributed by atoms with van der Waals surface area (Å²) in [4.78, 5) is 4.85. The second kappa shape index (κ2) is 8.09. The lowest BCUT2D eigenvalue weighted by Gasteiger charge is -2.12. The molecule has 0 aliphatic carbocycles. The highest BCUT2D eigenvalue weighted by Crippen LogP contribution is 2.32. The number of aryl methyl sites for hydroxylation is 1. The second-order valence-corrected chi connectivity index (χ2v) is 7.55. The molecule has 1 N–H and O–H groups in total. The number of nitrogens with zero attached hydrogens (tertiary/aromatic N) is 2. The molecule has 0 unspecified atom stereocenters. The monoisotopic (exact) mass is 449 g/mol. The Balaban J connectivity index is 1.85. The van der Waals surface area contributed by atoms with Gasteiger partial charge in [-0.15, -0.1) is 0 Å². The molecule has 1 heterocycles. The van der Waals surface area contributed by atoms with Gasteiger partial charge in [0, 0.05) is 21.2 Å². The van der Waals surface area contributed by atoms with Gasteiger partial charge in [0.05, 0.1) is 19.9 Å². The van der Waals surface area contributed by atoms with E-state index in [2.05, 4.69) is 40.4 Å². The smallest absolute Gasteiger partial charge is 0.161 e. The van der Waals surface area contributed by atoms with E-state index in [1.54, 1.807) is 14.2 Å². The Kier molecular flexibility index (Phi) is 5.36. The first-order chi connectivity index (χ1) is 14.1. The van der Waals surface area contributed by atoms with Gasteiger partial charge >= 0.3 is 0 Å². The summed E-state index contributed by atoms with van der Waals surface area (Å²) < 4.78 is 11.8. The first kappa shape index (κ1) is 19.2. The average Bonchev–Trinajstić information content (AvgIpc) is 2.93. The summed E-state index contributed by atoms with van der Waals surface area (Å²) in [7, 11) is 3.24. The topological polar surface area (TPSA) is 55.2 Å². The van der Waals surface area contributed by atoms with Crippen LogP contribution in [0.3, 0.4) is 0 Å². The van der Waals surface area contributed by atoms with Crippen molar-refractivity contribution in [2.45, 2.75) is 6.92 Å². The summed E-state index contributed by atoms with van der Waals surface area (Å²) in [5.74, 6) is 2.02. The van der Waals surface area contributed by atoms with E-state index >= 15 is 0 Å². The Morgan fingerprint density at radius 1 is 0.828 bits per heavy atom. The zero-order chi connectivity index (χ0) is 20.4. The molecule has 5 nitrogen and oxygen atoms in total. The van der Waals surface area contributed by atoms with Gasteiger partial charge in [0.15, 0.2) is 17.3 Å². The lowest BCUT2D eigenvalue weighted by Crippen LogP contribution is -2.19. The van der Waals surface area contributed by atoms with E-state index in [4.69, 9.17) is 19.6 Å². The van der Waals surface area contributed by atoms with Gasteiger partial charge in [-0.1, -0.05) is 45.8 Å². The van der Waals surface area contributed by atoms with Crippen LogP contribution in [0.25, 0.3) is 0 Å². The molecule has 146 valence electrons. The van der Waals surface area contributed by atoms with Crippen molar-refractivity contribution in [3.63, 3.8) is 0 Å². The molecular formula is C23H20BrN3O2. The number of hydrogen-bond donors (Lipinski definition) is 1. The third kappa shape index (κ3) is 3.89. The zero-order valence-electron chi connectivity index (χ0n) is 16.4. The molecule has 4 rings (SSSR count). The van der Waals surface area contributed by atoms with Gasteiger partial charge in [-0.05, 0) is 43.3 Å². The van der Waals surface area contributed by atoms with Crippen molar-refractivity contribution in [2.24, 2.45) is 10.1 Å². The molecule has 0 atom stereocenters. The third-order valence-electron chi connectivity index (χ3n) is 4.70. The molecule has 0 bridgehead atoms. The van der Waals surface area contributed by atoms with E-state index in [1.165, 1.54) is 5.56 Å². The normalized spacial score (nSPS) is 12.8. The Morgan fingerprint density at radius 2 is 1.55 bits per heavy atom. The Labute approximate surface area is 178 Å². The standard InChI is InChI=1S/C23H20BrN3O2/c1-14-4-6-15(7-5-14)23-25-19-10-9-17(24)13-18(19)22(26-27-23)16-8-11-20(28-2)21(12-16)29-3/h4-13H,1-3H3,(H,25,27). The summed E-state index contributed by atoms with van der Waals surface area (Å²) >= 11 is 3.57. The van der Waals surface area contributed by atoms with Crippen LogP contribution in [0.5, 0.6) is 11.5 Å². The molecule has 1 aliphatic heterocycles. The van der Waals surface area contributed by atoms with Crippen molar-refractivity contribution >= 4 is 33.2 Å². The lowest BCUT2D eigenvalue weighted by atomic mass is 10.0. The predicted octanol–water partition coefficient (Wildman–Crippen LogP) is 5.21. The van der Waals surface area contributed by atoms with Crippen LogP contribution in [0.15, 0.2) is 75.2 Å². The van der Waals surface area contributed by atoms with Crippen LogP contribution in [-0.4, -0.2) is 25.8 Å². The van der Waals surface area contributed by atoms with Gasteiger partial charge in [0.1, 0.15) is 5.71 Å². The fraction of sp³-hybridized carbons (Fsp3) is 0.130. The molecule has 0 saturated heterocycles. The van der Waals surface area contributed by atoms with Crippen LogP contribution >= 0.6 is 15.9 Å². The molecule has 0 aromatic heterocycles. The number of fused-ring (bicyclic) bond motifs is 1. The summed E-state index contributed by atoms with van der Waals surface area (Å²) in [5.41, 5.74) is 8.74. The number of nitrogens with one attached hydrogen (secondary N) is 1. The lowest BCUT2D eigenvalue weighted by molar-refractivity contribution is 0.355. The van der Waals surface area contributed by atoms with Crippen molar-refractivity contribution in [3.05, 3.63) is 87.4 Å². The SMILES string of the molecule is COc1ccc(C2=NNC(c3ccc(C)cc3)=Nc3ccc(Br)cc32)cc1OC. The van der Waals surface area contributed by atoms with Crippen LogP contribution in [0.4, 0.5) is 5.69 Å². The number of hydrogen-bond acceptors (Lipinski definition) is 5. The van der Waals surface area contributed by atoms with Crippen molar-refractivity contribution in [2.75, 3.05) is 14.2 Å². The van der Waals surface area contributed by atoms with Crippen LogP contribution in [0, 0.1) is 6.92 Å². The van der Waals surface area contributed by atoms with Crippen molar-refractivity contribution in [3.8, 4) is 11.5 Å². The summed E-state index contributed by atoms with van der Waals surface area (Å²) in [6.45, 7) is 2.06. The molecular weight excluding hydrogens is 430 g/mol. The first-order valence-electron chi connectivity index (χ1n) is 9.11. The van der Waals surface area contributed by atoms with E-state index < -0.39 is 0 Å². The van der Waals surface area contributed by atoms with E-state index in [9.17, 15) is 0 Å². The van der Waals surface area contributed by atoms with Gasteiger partial charge in [0.2, 0.25) is 0 Å². The zero-order valence-corrected chi connectivity index (χ0v) is 17.9. The van der Waals surface area contributed by atoms with Gasteiger partial charge in [0.25, 0.3) is 0 Å². The number of amidine groups is 1. The van der Waals surface area contributed by atoms with Crippen molar-refractivity contribution < 1.29 is 9.47 Å². The molecule has 29 heavy (non-hydrogen) atoms. The maximum absolute atomic E-state index is 5.47. The molecule has 0 radical (unpaired) electrons. The quantitative estimate of drug-likeness (QED) is 0.594. The highest BCUT2D eigenvalue weighted by molar-refractivity contribution is 9.10. The number of halogens is 1. The molecule has 0 spiro atoms. The maximum atomic E-state index is 5.47. The largest absolute Gasteiger partial charge is 0.493 e. The average molecular weight is 450 g/mol. The molecule has 0 amide bonds. The number of hydrazone groups is 1. The number of methoxy groups -OCH3 is 2. The van der Waals surface area contributed by atoms with Crippen LogP contribution in [0.1, 0.15) is 22.3 Å². The minimum atomic E-state index is 0.646. The predicted molar refractivity (Wildman–Crippen MR) is 120 cm³/mol. The Bertz CT molecular complexity index is 1120. The highest BCUT2D eigenvalue weighted by atomic mass is 79.9. The maximum Gasteiger partial charge on any atom is 0.161 e. The van der Waals surface area contributed by atoms with Gasteiger partial charge in [-0.2, -0.15) is 5.10 Å². The number of aliphatic imine (C=N–C) groups is 1. The van der Waals surface area contributed by atoms with Crippen LogP contribution in [-0.2, 0) is 0 Å². The first-order valence-corrected chi connectivity index (χ1v) is 9.90. The van der Waals surface area contributed by atoms with Crippen LogP contribution < -0.4 is 14.9 Å². The summed E-state index contributed by atoms with van der Waals surface area (Å²) in [5, 5.41) is 4.71. The van der Waals surface area contributed by atoms with E-state index in [0.29, 0.717) is 17.3 Å². The van der Waals surface area contributed by atoms with E-state index in [-0.39, 0.29) is 0 Å². The van der Waals surface area contributed by atoms with E-state index in [0.717, 1.165) is 32.6 Å². The second-order valence-electron chi connectivity index (χ2n) is 6.63. The fourth-order valence-corrected chi connectivity index (χ4v) is 3.52. The Morgan fingerprint density at radius 3 is 2.28 bits per heavy atom. The van der Waals surface area contributed by atoms with E-state index in [1.807, 2.05) is 48.5 Å². The summed E-state index contributed by atoms with van der Waals surface area (Å²) in [6.07, 6.45) is 0. The summed E-state index contributed by atoms with van der Waals surface area (Å²) in [6, 6.07) is 19.9. The molecule has 3 aromatic carbocycles. The van der Waals surface area contributed by atoms with Crippen molar-refractivity contribution in [1.82, 2.24) is 5.43 Å².